The standard InChI is InChI=1S/C21H27NO3S/c1-16(2)25-19-7-5-17(6-8-19)21(23)22(18-10-13-24-14-11-18)12-9-20-4-3-15-26-20/h3-8,15-16,18H,9-14H2,1-2H3. The lowest BCUT2D eigenvalue weighted by molar-refractivity contribution is 0.0294. The van der Waals surface area contributed by atoms with E-state index in [4.69, 9.17) is 9.47 Å². The molecule has 140 valence electrons. The smallest absolute Gasteiger partial charge is 0.254 e. The van der Waals surface area contributed by atoms with Crippen LogP contribution in [-0.4, -0.2) is 42.7 Å². The van der Waals surface area contributed by atoms with Gasteiger partial charge in [0.2, 0.25) is 0 Å². The fraction of sp³-hybridized carbons (Fsp3) is 0.476. The van der Waals surface area contributed by atoms with Crippen molar-refractivity contribution in [1.29, 1.82) is 0 Å². The van der Waals surface area contributed by atoms with Crippen molar-refractivity contribution in [1.82, 2.24) is 4.90 Å². The zero-order chi connectivity index (χ0) is 18.4. The van der Waals surface area contributed by atoms with Crippen molar-refractivity contribution in [3.8, 4) is 5.75 Å². The first-order chi connectivity index (χ1) is 12.6. The lowest BCUT2D eigenvalue weighted by Gasteiger charge is -2.34. The number of hydrogen-bond acceptors (Lipinski definition) is 4. The first-order valence-corrected chi connectivity index (χ1v) is 10.2. The molecule has 1 aromatic heterocycles. The Hall–Kier alpha value is -1.85. The highest BCUT2D eigenvalue weighted by atomic mass is 32.1. The molecule has 5 heteroatoms. The van der Waals surface area contributed by atoms with Gasteiger partial charge in [-0.05, 0) is 68.8 Å². The molecule has 0 atom stereocenters. The molecule has 26 heavy (non-hydrogen) atoms. The predicted molar refractivity (Wildman–Crippen MR) is 105 cm³/mol. The summed E-state index contributed by atoms with van der Waals surface area (Å²) < 4.78 is 11.2. The number of amides is 1. The van der Waals surface area contributed by atoms with Crippen LogP contribution in [0.25, 0.3) is 0 Å². The molecule has 1 aliphatic rings. The van der Waals surface area contributed by atoms with E-state index in [1.807, 2.05) is 43.0 Å². The molecule has 0 radical (unpaired) electrons. The topological polar surface area (TPSA) is 38.8 Å². The first kappa shape index (κ1) is 18.9. The Balaban J connectivity index is 1.72. The number of rotatable bonds is 7. The number of hydrogen-bond donors (Lipinski definition) is 0. The number of carbonyl (C=O) groups excluding carboxylic acids is 1. The van der Waals surface area contributed by atoms with Gasteiger partial charge in [0, 0.05) is 36.2 Å². The van der Waals surface area contributed by atoms with E-state index < -0.39 is 0 Å². The Labute approximate surface area is 159 Å². The highest BCUT2D eigenvalue weighted by molar-refractivity contribution is 7.09. The molecular formula is C21H27NO3S. The molecule has 1 amide bonds. The van der Waals surface area contributed by atoms with Crippen molar-refractivity contribution < 1.29 is 14.3 Å². The van der Waals surface area contributed by atoms with E-state index in [9.17, 15) is 4.79 Å². The molecule has 1 aliphatic heterocycles. The molecule has 1 fully saturated rings. The molecule has 2 heterocycles. The number of ether oxygens (including phenoxy) is 2. The summed E-state index contributed by atoms with van der Waals surface area (Å²) in [5, 5.41) is 2.09. The molecule has 0 spiro atoms. The van der Waals surface area contributed by atoms with Crippen LogP contribution < -0.4 is 4.74 Å². The lowest BCUT2D eigenvalue weighted by Crippen LogP contribution is -2.44. The zero-order valence-corrected chi connectivity index (χ0v) is 16.3. The third-order valence-electron chi connectivity index (χ3n) is 4.54. The molecule has 3 rings (SSSR count). The number of nitrogens with zero attached hydrogens (tertiary/aromatic N) is 1. The van der Waals surface area contributed by atoms with Crippen molar-refractivity contribution in [3.05, 3.63) is 52.2 Å². The molecule has 0 aliphatic carbocycles. The Morgan fingerprint density at radius 2 is 1.96 bits per heavy atom. The molecule has 1 saturated heterocycles. The highest BCUT2D eigenvalue weighted by Crippen LogP contribution is 2.21. The second kappa shape index (κ2) is 9.19. The van der Waals surface area contributed by atoms with E-state index in [2.05, 4.69) is 17.5 Å². The Kier molecular flexibility index (Phi) is 6.69. The van der Waals surface area contributed by atoms with Crippen LogP contribution in [0.15, 0.2) is 41.8 Å². The van der Waals surface area contributed by atoms with Gasteiger partial charge in [0.05, 0.1) is 6.10 Å². The maximum Gasteiger partial charge on any atom is 0.254 e. The second-order valence-corrected chi connectivity index (χ2v) is 7.89. The number of benzene rings is 1. The van der Waals surface area contributed by atoms with Gasteiger partial charge >= 0.3 is 0 Å². The maximum atomic E-state index is 13.2. The zero-order valence-electron chi connectivity index (χ0n) is 15.5. The Bertz CT molecular complexity index is 676. The second-order valence-electron chi connectivity index (χ2n) is 6.86. The third kappa shape index (κ3) is 5.08. The van der Waals surface area contributed by atoms with Gasteiger partial charge in [-0.1, -0.05) is 6.07 Å². The molecule has 4 nitrogen and oxygen atoms in total. The van der Waals surface area contributed by atoms with Crippen LogP contribution in [0.5, 0.6) is 5.75 Å². The summed E-state index contributed by atoms with van der Waals surface area (Å²) in [6.45, 7) is 6.20. The summed E-state index contributed by atoms with van der Waals surface area (Å²) in [5.41, 5.74) is 0.721. The van der Waals surface area contributed by atoms with Crippen LogP contribution in [0.4, 0.5) is 0 Å². The maximum absolute atomic E-state index is 13.2. The summed E-state index contributed by atoms with van der Waals surface area (Å²) in [4.78, 5) is 16.5. The van der Waals surface area contributed by atoms with Crippen LogP contribution in [0.3, 0.4) is 0 Å². The lowest BCUT2D eigenvalue weighted by atomic mass is 10.0. The SMILES string of the molecule is CC(C)Oc1ccc(C(=O)N(CCc2cccs2)C2CCOCC2)cc1. The third-order valence-corrected chi connectivity index (χ3v) is 5.48. The van der Waals surface area contributed by atoms with Gasteiger partial charge < -0.3 is 14.4 Å². The highest BCUT2D eigenvalue weighted by Gasteiger charge is 2.26. The summed E-state index contributed by atoms with van der Waals surface area (Å²) in [7, 11) is 0. The molecular weight excluding hydrogens is 346 g/mol. The van der Waals surface area contributed by atoms with Crippen molar-refractivity contribution >= 4 is 17.2 Å². The summed E-state index contributed by atoms with van der Waals surface area (Å²) in [6.07, 6.45) is 2.84. The minimum Gasteiger partial charge on any atom is -0.491 e. The van der Waals surface area contributed by atoms with Gasteiger partial charge in [-0.15, -0.1) is 11.3 Å². The number of carbonyl (C=O) groups is 1. The average molecular weight is 374 g/mol. The Morgan fingerprint density at radius 3 is 2.58 bits per heavy atom. The van der Waals surface area contributed by atoms with E-state index in [1.165, 1.54) is 4.88 Å². The van der Waals surface area contributed by atoms with Crippen molar-refractivity contribution in [3.63, 3.8) is 0 Å². The van der Waals surface area contributed by atoms with Crippen LogP contribution in [-0.2, 0) is 11.2 Å². The van der Waals surface area contributed by atoms with E-state index in [0.29, 0.717) is 0 Å². The van der Waals surface area contributed by atoms with Gasteiger partial charge in [-0.25, -0.2) is 0 Å². The van der Waals surface area contributed by atoms with Gasteiger partial charge in [0.1, 0.15) is 5.75 Å². The van der Waals surface area contributed by atoms with E-state index in [0.717, 1.165) is 50.3 Å². The van der Waals surface area contributed by atoms with Crippen LogP contribution in [0, 0.1) is 0 Å². The largest absolute Gasteiger partial charge is 0.491 e. The normalized spacial score (nSPS) is 15.2. The van der Waals surface area contributed by atoms with Gasteiger partial charge in [0.25, 0.3) is 5.91 Å². The molecule has 0 N–H and O–H groups in total. The van der Waals surface area contributed by atoms with Crippen LogP contribution in [0.1, 0.15) is 41.9 Å². The van der Waals surface area contributed by atoms with Crippen LogP contribution in [0.2, 0.25) is 0 Å². The quantitative estimate of drug-likeness (QED) is 0.722. The molecule has 0 unspecified atom stereocenters. The summed E-state index contributed by atoms with van der Waals surface area (Å²) >= 11 is 1.75. The van der Waals surface area contributed by atoms with E-state index in [-0.39, 0.29) is 18.1 Å². The monoisotopic (exact) mass is 373 g/mol. The Morgan fingerprint density at radius 1 is 1.23 bits per heavy atom. The fourth-order valence-corrected chi connectivity index (χ4v) is 3.94. The molecule has 0 saturated carbocycles. The summed E-state index contributed by atoms with van der Waals surface area (Å²) in [6, 6.07) is 12.0. The minimum atomic E-state index is 0.101. The minimum absolute atomic E-state index is 0.101. The number of thiophene rings is 1. The van der Waals surface area contributed by atoms with Gasteiger partial charge in [-0.3, -0.25) is 4.79 Å². The van der Waals surface area contributed by atoms with E-state index >= 15 is 0 Å². The van der Waals surface area contributed by atoms with Crippen molar-refractivity contribution in [2.24, 2.45) is 0 Å². The van der Waals surface area contributed by atoms with E-state index in [1.54, 1.807) is 11.3 Å². The fourth-order valence-electron chi connectivity index (χ4n) is 3.25. The van der Waals surface area contributed by atoms with Gasteiger partial charge in [-0.2, -0.15) is 0 Å². The summed E-state index contributed by atoms with van der Waals surface area (Å²) in [5.74, 6) is 0.900. The average Bonchev–Trinajstić information content (AvgIpc) is 3.16. The molecule has 1 aromatic carbocycles. The predicted octanol–water partition coefficient (Wildman–Crippen LogP) is 4.40. The van der Waals surface area contributed by atoms with Crippen molar-refractivity contribution in [2.45, 2.75) is 45.3 Å². The van der Waals surface area contributed by atoms with Crippen LogP contribution >= 0.6 is 11.3 Å². The van der Waals surface area contributed by atoms with Gasteiger partial charge in [0.15, 0.2) is 0 Å². The molecule has 0 bridgehead atoms. The van der Waals surface area contributed by atoms with Crippen molar-refractivity contribution in [2.75, 3.05) is 19.8 Å². The molecule has 2 aromatic rings. The first-order valence-electron chi connectivity index (χ1n) is 9.31.